The lowest BCUT2D eigenvalue weighted by Gasteiger charge is -2.47. The fourth-order valence-electron chi connectivity index (χ4n) is 2.42. The Morgan fingerprint density at radius 2 is 2.33 bits per heavy atom. The van der Waals surface area contributed by atoms with E-state index in [1.807, 2.05) is 12.3 Å². The quantitative estimate of drug-likeness (QED) is 0.262. The van der Waals surface area contributed by atoms with Crippen molar-refractivity contribution in [2.45, 2.75) is 16.3 Å². The molecule has 1 fully saturated rings. The van der Waals surface area contributed by atoms with Gasteiger partial charge in [-0.2, -0.15) is 5.26 Å². The number of carbonyl (C=O) groups is 2. The minimum atomic E-state index is -1.12. The molecule has 0 unspecified atom stereocenters. The first-order chi connectivity index (χ1) is 11.4. The number of anilines is 1. The number of thioether (sulfide) groups is 2. The summed E-state index contributed by atoms with van der Waals surface area (Å²) in [6.45, 7) is 0. The number of amides is 1. The number of β-lactam (4-membered cyclic amide) rings is 1. The van der Waals surface area contributed by atoms with E-state index in [2.05, 4.69) is 27.9 Å². The average Bonchev–Trinajstić information content (AvgIpc) is 2.56. The van der Waals surface area contributed by atoms with Crippen molar-refractivity contribution in [3.05, 3.63) is 32.4 Å². The number of benzene rings is 1. The first-order valence-electron chi connectivity index (χ1n) is 6.73. The highest BCUT2D eigenvalue weighted by Crippen LogP contribution is 2.45. The second-order valence-electron chi connectivity index (χ2n) is 5.00. The van der Waals surface area contributed by atoms with Crippen LogP contribution in [0, 0.1) is 15.0 Å². The van der Waals surface area contributed by atoms with Crippen molar-refractivity contribution in [1.82, 2.24) is 4.90 Å². The molecule has 2 aliphatic rings. The predicted octanol–water partition coefficient (Wildman–Crippen LogP) is 1.81. The number of nitriles is 1. The van der Waals surface area contributed by atoms with Gasteiger partial charge in [0.2, 0.25) is 5.91 Å². The molecule has 1 aromatic carbocycles. The van der Waals surface area contributed by atoms with Gasteiger partial charge in [-0.25, -0.2) is 4.79 Å². The molecule has 1 amide bonds. The molecule has 24 heavy (non-hydrogen) atoms. The van der Waals surface area contributed by atoms with Gasteiger partial charge in [-0.1, -0.05) is 11.8 Å². The highest BCUT2D eigenvalue weighted by molar-refractivity contribution is 14.1. The summed E-state index contributed by atoms with van der Waals surface area (Å²) in [4.78, 5) is 26.3. The Hall–Kier alpha value is -1.42. The summed E-state index contributed by atoms with van der Waals surface area (Å²) in [6.07, 6.45) is 1.85. The molecule has 3 rings (SSSR count). The normalized spacial score (nSPS) is 22.5. The molecule has 10 heteroatoms. The molecule has 1 aromatic rings. The Kier molecular flexibility index (Phi) is 4.95. The van der Waals surface area contributed by atoms with Crippen LogP contribution in [-0.4, -0.2) is 39.1 Å². The van der Waals surface area contributed by atoms with Gasteiger partial charge in [-0.05, 0) is 40.8 Å². The van der Waals surface area contributed by atoms with Crippen LogP contribution in [0.5, 0.6) is 0 Å². The van der Waals surface area contributed by atoms with Gasteiger partial charge in [-0.3, -0.25) is 15.0 Å². The van der Waals surface area contributed by atoms with Gasteiger partial charge < -0.3 is 10.8 Å². The number of hydrogen-bond donors (Lipinski definition) is 3. The summed E-state index contributed by atoms with van der Waals surface area (Å²) in [6, 6.07) is 4.74. The van der Waals surface area contributed by atoms with Crippen molar-refractivity contribution in [3.8, 4) is 6.19 Å². The lowest BCUT2D eigenvalue weighted by molar-refractivity contribution is -0.147. The van der Waals surface area contributed by atoms with Crippen LogP contribution in [0.4, 0.5) is 5.69 Å². The van der Waals surface area contributed by atoms with Gasteiger partial charge in [0.25, 0.3) is 0 Å². The topological polar surface area (TPSA) is 119 Å². The first kappa shape index (κ1) is 17.4. The number of aliphatic carboxylic acids is 1. The maximum atomic E-state index is 11.9. The maximum absolute atomic E-state index is 11.9. The Morgan fingerprint density at radius 3 is 2.96 bits per heavy atom. The number of nitrogens with two attached hydrogens (primary N) is 1. The molecule has 2 atom stereocenters. The van der Waals surface area contributed by atoms with Gasteiger partial charge in [-0.15, -0.1) is 11.8 Å². The van der Waals surface area contributed by atoms with Crippen molar-refractivity contribution in [1.29, 1.82) is 5.26 Å². The van der Waals surface area contributed by atoms with E-state index in [0.29, 0.717) is 16.3 Å². The third-order valence-corrected chi connectivity index (χ3v) is 7.44. The van der Waals surface area contributed by atoms with E-state index in [9.17, 15) is 14.7 Å². The minimum Gasteiger partial charge on any atom is -0.477 e. The summed E-state index contributed by atoms with van der Waals surface area (Å²) < 4.78 is 0.883. The van der Waals surface area contributed by atoms with Gasteiger partial charge in [0.15, 0.2) is 6.19 Å². The second-order valence-corrected chi connectivity index (χ2v) is 8.40. The number of nitrogens with zero attached hydrogens (tertiary/aromatic N) is 2. The van der Waals surface area contributed by atoms with Crippen LogP contribution in [0.3, 0.4) is 0 Å². The molecule has 0 bridgehead atoms. The zero-order chi connectivity index (χ0) is 17.4. The molecular formula is C14H11IN4O3S2. The summed E-state index contributed by atoms with van der Waals surface area (Å²) in [7, 11) is 0. The number of nitrogens with one attached hydrogen (secondary N) is 1. The average molecular weight is 474 g/mol. The molecule has 0 spiro atoms. The van der Waals surface area contributed by atoms with Crippen LogP contribution in [0.25, 0.3) is 0 Å². The van der Waals surface area contributed by atoms with Crippen molar-refractivity contribution in [2.75, 3.05) is 11.1 Å². The van der Waals surface area contributed by atoms with E-state index in [1.165, 1.54) is 28.4 Å². The van der Waals surface area contributed by atoms with Gasteiger partial charge >= 0.3 is 5.97 Å². The Balaban J connectivity index is 1.92. The Bertz CT molecular complexity index is 808. The molecule has 124 valence electrons. The van der Waals surface area contributed by atoms with Crippen LogP contribution in [-0.2, 0) is 9.59 Å². The second kappa shape index (κ2) is 6.83. The molecule has 0 radical (unpaired) electrons. The monoisotopic (exact) mass is 474 g/mol. The predicted molar refractivity (Wildman–Crippen MR) is 100.0 cm³/mol. The fraction of sp³-hybridized carbons (Fsp3) is 0.214. The summed E-state index contributed by atoms with van der Waals surface area (Å²) in [5, 5.41) is 20.4. The van der Waals surface area contributed by atoms with Crippen molar-refractivity contribution >= 4 is 63.7 Å². The number of fused-ring (bicyclic) bond motifs is 1. The number of carboxylic acids is 1. The van der Waals surface area contributed by atoms with E-state index in [0.717, 1.165) is 8.47 Å². The van der Waals surface area contributed by atoms with Crippen LogP contribution in [0.1, 0.15) is 0 Å². The third kappa shape index (κ3) is 2.97. The van der Waals surface area contributed by atoms with Gasteiger partial charge in [0, 0.05) is 24.8 Å². The molecule has 0 aliphatic carbocycles. The zero-order valence-electron chi connectivity index (χ0n) is 12.0. The SMILES string of the molecule is N#CNc1ccc(SC2=C(C(=O)O)N3C(=O)[C@@H](N)[C@H]3SC2)c(I)c1. The smallest absolute Gasteiger partial charge is 0.353 e. The highest BCUT2D eigenvalue weighted by Gasteiger charge is 2.51. The third-order valence-electron chi connectivity index (χ3n) is 3.54. The summed E-state index contributed by atoms with van der Waals surface area (Å²) in [5.41, 5.74) is 6.42. The number of hydrogen-bond acceptors (Lipinski definition) is 7. The lowest BCUT2D eigenvalue weighted by Crippen LogP contribution is -2.68. The van der Waals surface area contributed by atoms with Crippen LogP contribution in [0.2, 0.25) is 0 Å². The fourth-order valence-corrected chi connectivity index (χ4v) is 5.69. The largest absolute Gasteiger partial charge is 0.477 e. The Labute approximate surface area is 159 Å². The van der Waals surface area contributed by atoms with E-state index >= 15 is 0 Å². The number of carbonyl (C=O) groups excluding carboxylic acids is 1. The van der Waals surface area contributed by atoms with Crippen molar-refractivity contribution in [3.63, 3.8) is 0 Å². The molecule has 7 nitrogen and oxygen atoms in total. The number of carboxylic acid groups (broad SMARTS) is 1. The maximum Gasteiger partial charge on any atom is 0.353 e. The number of halogens is 1. The molecule has 4 N–H and O–H groups in total. The van der Waals surface area contributed by atoms with Crippen molar-refractivity contribution < 1.29 is 14.7 Å². The first-order valence-corrected chi connectivity index (χ1v) is 9.67. The van der Waals surface area contributed by atoms with E-state index in [-0.39, 0.29) is 17.0 Å². The van der Waals surface area contributed by atoms with Gasteiger partial charge in [0.05, 0.1) is 0 Å². The summed E-state index contributed by atoms with van der Waals surface area (Å²) >= 11 is 4.92. The molecule has 0 aromatic heterocycles. The highest BCUT2D eigenvalue weighted by atomic mass is 127. The molecule has 2 heterocycles. The molecule has 0 saturated carbocycles. The molecular weight excluding hydrogens is 463 g/mol. The molecule has 1 saturated heterocycles. The number of rotatable bonds is 4. The summed E-state index contributed by atoms with van der Waals surface area (Å²) in [5.74, 6) is -0.991. The van der Waals surface area contributed by atoms with E-state index in [1.54, 1.807) is 12.1 Å². The van der Waals surface area contributed by atoms with Crippen LogP contribution < -0.4 is 11.1 Å². The van der Waals surface area contributed by atoms with E-state index in [4.69, 9.17) is 11.0 Å². The van der Waals surface area contributed by atoms with Gasteiger partial charge in [0.1, 0.15) is 17.1 Å². The molecule has 2 aliphatic heterocycles. The lowest BCUT2D eigenvalue weighted by atomic mass is 10.1. The standard InChI is InChI=1S/C14H11IN4O3S2/c15-7-3-6(18-5-16)1-2-8(7)24-9-4-23-13-10(17)12(20)19(13)11(9)14(21)22/h1-3,10,13,18H,4,17H2,(H,21,22)/t10-,13-/m1/s1. The zero-order valence-corrected chi connectivity index (χ0v) is 15.8. The van der Waals surface area contributed by atoms with E-state index < -0.39 is 12.0 Å². The Morgan fingerprint density at radius 1 is 1.58 bits per heavy atom. The minimum absolute atomic E-state index is 0.0190. The van der Waals surface area contributed by atoms with Crippen LogP contribution in [0.15, 0.2) is 33.7 Å². The van der Waals surface area contributed by atoms with Crippen LogP contribution >= 0.6 is 46.1 Å². The van der Waals surface area contributed by atoms with Crippen molar-refractivity contribution in [2.24, 2.45) is 5.73 Å².